The van der Waals surface area contributed by atoms with E-state index in [1.807, 2.05) is 0 Å². The van der Waals surface area contributed by atoms with Gasteiger partial charge < -0.3 is 5.11 Å². The van der Waals surface area contributed by atoms with E-state index in [0.717, 1.165) is 0 Å². The number of rotatable bonds is 2. The standard InChI is InChI=1S/C5H7N3O3S/c1-8-3(2(12)4(9)10)6-5(11)7-8/h2,12H,1H3,(H,7,11)(H,9,10). The van der Waals surface area contributed by atoms with Crippen LogP contribution in [0.2, 0.25) is 0 Å². The van der Waals surface area contributed by atoms with Gasteiger partial charge in [0.15, 0.2) is 11.1 Å². The van der Waals surface area contributed by atoms with Crippen LogP contribution in [0.3, 0.4) is 0 Å². The second-order valence-electron chi connectivity index (χ2n) is 2.19. The summed E-state index contributed by atoms with van der Waals surface area (Å²) in [5.74, 6) is -1.05. The third kappa shape index (κ3) is 1.50. The lowest BCUT2D eigenvalue weighted by atomic mass is 10.4. The monoisotopic (exact) mass is 189 g/mol. The number of thiol groups is 1. The zero-order valence-corrected chi connectivity index (χ0v) is 7.08. The Bertz CT molecular complexity index is 355. The van der Waals surface area contributed by atoms with Crippen molar-refractivity contribution in [1.29, 1.82) is 0 Å². The fourth-order valence-corrected chi connectivity index (χ4v) is 0.991. The fraction of sp³-hybridized carbons (Fsp3) is 0.400. The zero-order chi connectivity index (χ0) is 9.30. The SMILES string of the molecule is Cn1[nH]c(=O)nc1C(S)C(=O)O. The lowest BCUT2D eigenvalue weighted by Crippen LogP contribution is -2.11. The molecule has 0 fully saturated rings. The van der Waals surface area contributed by atoms with Crippen molar-refractivity contribution in [3.63, 3.8) is 0 Å². The van der Waals surface area contributed by atoms with E-state index in [1.165, 1.54) is 11.7 Å². The number of hydrogen-bond acceptors (Lipinski definition) is 4. The molecule has 0 amide bonds. The molecule has 0 aliphatic heterocycles. The van der Waals surface area contributed by atoms with Gasteiger partial charge in [0.2, 0.25) is 0 Å². The summed E-state index contributed by atoms with van der Waals surface area (Å²) < 4.78 is 1.23. The molecule has 0 aromatic carbocycles. The number of carboxylic acids is 1. The van der Waals surface area contributed by atoms with Gasteiger partial charge in [0, 0.05) is 7.05 Å². The molecule has 7 heteroatoms. The number of nitrogens with zero attached hydrogens (tertiary/aromatic N) is 2. The second kappa shape index (κ2) is 3.02. The highest BCUT2D eigenvalue weighted by Crippen LogP contribution is 2.14. The second-order valence-corrected chi connectivity index (χ2v) is 2.70. The molecule has 12 heavy (non-hydrogen) atoms. The van der Waals surface area contributed by atoms with Gasteiger partial charge in [-0.2, -0.15) is 17.6 Å². The quantitative estimate of drug-likeness (QED) is 0.529. The van der Waals surface area contributed by atoms with Crippen LogP contribution in [0, 0.1) is 0 Å². The summed E-state index contributed by atoms with van der Waals surface area (Å²) in [4.78, 5) is 24.5. The first-order chi connectivity index (χ1) is 5.52. The smallest absolute Gasteiger partial charge is 0.361 e. The van der Waals surface area contributed by atoms with Crippen molar-refractivity contribution >= 4 is 18.6 Å². The number of H-pyrrole nitrogens is 1. The van der Waals surface area contributed by atoms with Crippen molar-refractivity contribution in [3.8, 4) is 0 Å². The molecule has 66 valence electrons. The minimum Gasteiger partial charge on any atom is -0.480 e. The molecule has 1 unspecified atom stereocenters. The molecular weight excluding hydrogens is 182 g/mol. The lowest BCUT2D eigenvalue weighted by molar-refractivity contribution is -0.136. The van der Waals surface area contributed by atoms with E-state index in [1.54, 1.807) is 0 Å². The Kier molecular flexibility index (Phi) is 2.22. The van der Waals surface area contributed by atoms with Gasteiger partial charge in [-0.1, -0.05) is 0 Å². The molecule has 0 aliphatic rings. The third-order valence-corrected chi connectivity index (χ3v) is 1.75. The summed E-state index contributed by atoms with van der Waals surface area (Å²) in [6.45, 7) is 0. The third-order valence-electron chi connectivity index (χ3n) is 1.30. The van der Waals surface area contributed by atoms with Crippen molar-refractivity contribution in [1.82, 2.24) is 14.8 Å². The summed E-state index contributed by atoms with van der Waals surface area (Å²) in [6, 6.07) is 0. The molecule has 1 rings (SSSR count). The first-order valence-corrected chi connectivity index (χ1v) is 3.58. The molecule has 0 radical (unpaired) electrons. The maximum Gasteiger partial charge on any atom is 0.361 e. The van der Waals surface area contributed by atoms with Crippen LogP contribution in [-0.2, 0) is 11.8 Å². The van der Waals surface area contributed by atoms with Crippen LogP contribution in [-0.4, -0.2) is 25.8 Å². The number of nitrogens with one attached hydrogen (secondary N) is 1. The molecule has 2 N–H and O–H groups in total. The first-order valence-electron chi connectivity index (χ1n) is 3.06. The van der Waals surface area contributed by atoms with Gasteiger partial charge in [-0.05, 0) is 0 Å². The Morgan fingerprint density at radius 1 is 1.83 bits per heavy atom. The van der Waals surface area contributed by atoms with Crippen molar-refractivity contribution in [2.24, 2.45) is 7.05 Å². The molecule has 0 spiro atoms. The predicted octanol–water partition coefficient (Wildman–Crippen LogP) is -0.836. The van der Waals surface area contributed by atoms with Gasteiger partial charge in [-0.15, -0.1) is 0 Å². The van der Waals surface area contributed by atoms with Gasteiger partial charge in [-0.3, -0.25) is 9.48 Å². The molecule has 0 saturated carbocycles. The Hall–Kier alpha value is -1.24. The molecule has 1 aromatic rings. The van der Waals surface area contributed by atoms with Crippen molar-refractivity contribution in [2.75, 3.05) is 0 Å². The maximum absolute atomic E-state index is 10.6. The molecule has 1 atom stereocenters. The first kappa shape index (κ1) is 8.85. The summed E-state index contributed by atoms with van der Waals surface area (Å²) in [5.41, 5.74) is -0.576. The van der Waals surface area contributed by atoms with Crippen molar-refractivity contribution in [3.05, 3.63) is 16.3 Å². The number of aryl methyl sites for hydroxylation is 1. The zero-order valence-electron chi connectivity index (χ0n) is 6.18. The average molecular weight is 189 g/mol. The van der Waals surface area contributed by atoms with Crippen LogP contribution in [0.4, 0.5) is 0 Å². The number of hydrogen-bond donors (Lipinski definition) is 3. The van der Waals surface area contributed by atoms with Crippen molar-refractivity contribution < 1.29 is 9.90 Å². The van der Waals surface area contributed by atoms with Gasteiger partial charge in [0.1, 0.15) is 0 Å². The van der Waals surface area contributed by atoms with Gasteiger partial charge >= 0.3 is 11.7 Å². The molecule has 0 aliphatic carbocycles. The highest BCUT2D eigenvalue weighted by Gasteiger charge is 2.20. The molecule has 0 bridgehead atoms. The minimum atomic E-state index is -1.14. The van der Waals surface area contributed by atoms with E-state index in [0.29, 0.717) is 0 Å². The summed E-state index contributed by atoms with van der Waals surface area (Å²) in [5, 5.41) is 9.73. The number of carbonyl (C=O) groups is 1. The van der Waals surface area contributed by atoms with Gasteiger partial charge in [0.25, 0.3) is 0 Å². The summed E-state index contributed by atoms with van der Waals surface area (Å²) in [6.07, 6.45) is 0. The predicted molar refractivity (Wildman–Crippen MR) is 43.2 cm³/mol. The van der Waals surface area contributed by atoms with E-state index in [-0.39, 0.29) is 5.82 Å². The Morgan fingerprint density at radius 2 is 2.42 bits per heavy atom. The highest BCUT2D eigenvalue weighted by molar-refractivity contribution is 7.81. The Balaban J connectivity index is 3.10. The molecular formula is C5H7N3O3S. The average Bonchev–Trinajstić information content (AvgIpc) is 2.28. The van der Waals surface area contributed by atoms with Crippen LogP contribution in [0.5, 0.6) is 0 Å². The summed E-state index contributed by atoms with van der Waals surface area (Å²) in [7, 11) is 1.50. The van der Waals surface area contributed by atoms with Gasteiger partial charge in [0.05, 0.1) is 0 Å². The largest absolute Gasteiger partial charge is 0.480 e. The summed E-state index contributed by atoms with van der Waals surface area (Å²) >= 11 is 3.76. The fourth-order valence-electron chi connectivity index (χ4n) is 0.760. The molecule has 6 nitrogen and oxygen atoms in total. The normalized spacial score (nSPS) is 12.8. The van der Waals surface area contributed by atoms with Crippen molar-refractivity contribution in [2.45, 2.75) is 5.25 Å². The molecule has 1 aromatic heterocycles. The minimum absolute atomic E-state index is 0.0934. The van der Waals surface area contributed by atoms with E-state index >= 15 is 0 Å². The van der Waals surface area contributed by atoms with Crippen LogP contribution < -0.4 is 5.69 Å². The maximum atomic E-state index is 10.6. The van der Waals surface area contributed by atoms with Crippen LogP contribution in [0.25, 0.3) is 0 Å². The van der Waals surface area contributed by atoms with Crippen LogP contribution in [0.1, 0.15) is 11.1 Å². The van der Waals surface area contributed by atoms with E-state index in [4.69, 9.17) is 5.11 Å². The Labute approximate surface area is 72.6 Å². The number of carboxylic acid groups (broad SMARTS) is 1. The van der Waals surface area contributed by atoms with E-state index in [9.17, 15) is 9.59 Å². The lowest BCUT2D eigenvalue weighted by Gasteiger charge is -2.02. The van der Waals surface area contributed by atoms with Crippen LogP contribution >= 0.6 is 12.6 Å². The number of aliphatic carboxylic acids is 1. The molecule has 1 heterocycles. The van der Waals surface area contributed by atoms with Gasteiger partial charge in [-0.25, -0.2) is 9.89 Å². The number of aromatic amines is 1. The molecule has 0 saturated heterocycles. The topological polar surface area (TPSA) is 88.0 Å². The van der Waals surface area contributed by atoms with E-state index < -0.39 is 16.9 Å². The Morgan fingerprint density at radius 3 is 2.75 bits per heavy atom. The van der Waals surface area contributed by atoms with E-state index in [2.05, 4.69) is 22.7 Å². The highest BCUT2D eigenvalue weighted by atomic mass is 32.1. The number of aromatic nitrogens is 3. The van der Waals surface area contributed by atoms with Crippen LogP contribution in [0.15, 0.2) is 4.79 Å².